The van der Waals surface area contributed by atoms with Crippen molar-refractivity contribution in [1.29, 1.82) is 0 Å². The summed E-state index contributed by atoms with van der Waals surface area (Å²) < 4.78 is 63.3. The zero-order valence-electron chi connectivity index (χ0n) is 18.9. The number of rotatable bonds is 6. The molecule has 2 aromatic carbocycles. The molecule has 0 bridgehead atoms. The number of benzene rings is 2. The summed E-state index contributed by atoms with van der Waals surface area (Å²) in [5, 5.41) is 4.25. The fraction of sp³-hybridized carbons (Fsp3) is 0.130. The lowest BCUT2D eigenvalue weighted by molar-refractivity contribution is 0.400. The predicted molar refractivity (Wildman–Crippen MR) is 127 cm³/mol. The number of fused-ring (bicyclic) bond motifs is 3. The molecule has 1 N–H and O–H groups in total. The van der Waals surface area contributed by atoms with Gasteiger partial charge in [0.2, 0.25) is 5.88 Å². The van der Waals surface area contributed by atoms with Crippen LogP contribution in [0, 0.1) is 11.6 Å². The molecule has 0 spiro atoms. The zero-order valence-corrected chi connectivity index (χ0v) is 19.8. The summed E-state index contributed by atoms with van der Waals surface area (Å²) >= 11 is 0. The van der Waals surface area contributed by atoms with Crippen LogP contribution in [0.15, 0.2) is 64.5 Å². The van der Waals surface area contributed by atoms with E-state index in [9.17, 15) is 22.0 Å². The number of nitrogens with one attached hydrogen (secondary N) is 1. The molecule has 184 valence electrons. The van der Waals surface area contributed by atoms with E-state index in [0.717, 1.165) is 12.1 Å². The number of hydrogen-bond donors (Lipinski definition) is 1. The predicted octanol–water partition coefficient (Wildman–Crippen LogP) is 3.21. The van der Waals surface area contributed by atoms with Crippen molar-refractivity contribution in [3.8, 4) is 17.0 Å². The zero-order chi connectivity index (χ0) is 25.6. The van der Waals surface area contributed by atoms with Crippen LogP contribution >= 0.6 is 0 Å². The van der Waals surface area contributed by atoms with Gasteiger partial charge in [-0.15, -0.1) is 5.10 Å². The Labute approximate surface area is 202 Å². The van der Waals surface area contributed by atoms with Gasteiger partial charge in [0.1, 0.15) is 22.2 Å². The third-order valence-corrected chi connectivity index (χ3v) is 6.90. The SMILES string of the molecule is CCn1nc2cnc3ccc(-c4cnc(OC)c(NS(=O)(=O)c5ccc(F)cc5F)c4)cc3n2c1=O. The molecule has 0 amide bonds. The molecule has 5 aromatic rings. The molecule has 0 radical (unpaired) electrons. The van der Waals surface area contributed by atoms with Gasteiger partial charge < -0.3 is 4.74 Å². The topological polar surface area (TPSA) is 120 Å². The molecule has 13 heteroatoms. The van der Waals surface area contributed by atoms with Crippen molar-refractivity contribution in [2.75, 3.05) is 11.8 Å². The maximum Gasteiger partial charge on any atom is 0.350 e. The van der Waals surface area contributed by atoms with Crippen LogP contribution in [0.2, 0.25) is 0 Å². The van der Waals surface area contributed by atoms with Gasteiger partial charge in [-0.2, -0.15) is 0 Å². The summed E-state index contributed by atoms with van der Waals surface area (Å²) in [5.74, 6) is -2.21. The van der Waals surface area contributed by atoms with Crippen LogP contribution in [0.3, 0.4) is 0 Å². The molecular formula is C23H18F2N6O4S. The number of hydrogen-bond acceptors (Lipinski definition) is 7. The first kappa shape index (κ1) is 23.4. The van der Waals surface area contributed by atoms with Gasteiger partial charge in [0.05, 0.1) is 24.3 Å². The number of ether oxygens (including phenoxy) is 1. The third kappa shape index (κ3) is 3.92. The van der Waals surface area contributed by atoms with E-state index >= 15 is 0 Å². The number of aryl methyl sites for hydroxylation is 1. The quantitative estimate of drug-likeness (QED) is 0.371. The van der Waals surface area contributed by atoms with Crippen molar-refractivity contribution in [2.24, 2.45) is 0 Å². The Hall–Kier alpha value is -4.39. The summed E-state index contributed by atoms with van der Waals surface area (Å²) in [6.45, 7) is 2.19. The maximum absolute atomic E-state index is 14.2. The van der Waals surface area contributed by atoms with Crippen LogP contribution in [-0.2, 0) is 16.6 Å². The van der Waals surface area contributed by atoms with Crippen LogP contribution in [-0.4, -0.2) is 39.7 Å². The number of nitrogens with zero attached hydrogens (tertiary/aromatic N) is 5. The summed E-state index contributed by atoms with van der Waals surface area (Å²) in [6.07, 6.45) is 2.97. The highest BCUT2D eigenvalue weighted by atomic mass is 32.2. The van der Waals surface area contributed by atoms with Gasteiger partial charge in [0.15, 0.2) is 5.65 Å². The van der Waals surface area contributed by atoms with Crippen molar-refractivity contribution in [3.05, 3.63) is 77.0 Å². The monoisotopic (exact) mass is 512 g/mol. The first-order chi connectivity index (χ1) is 17.2. The van der Waals surface area contributed by atoms with Crippen molar-refractivity contribution >= 4 is 32.4 Å². The number of aromatic nitrogens is 5. The molecule has 3 aromatic heterocycles. The second-order valence-corrected chi connectivity index (χ2v) is 9.37. The summed E-state index contributed by atoms with van der Waals surface area (Å²) in [4.78, 5) is 20.6. The smallest absolute Gasteiger partial charge is 0.350 e. The number of anilines is 1. The lowest BCUT2D eigenvalue weighted by Gasteiger charge is -2.13. The molecule has 0 unspecified atom stereocenters. The second-order valence-electron chi connectivity index (χ2n) is 7.71. The van der Waals surface area contributed by atoms with Crippen LogP contribution in [0.25, 0.3) is 27.8 Å². The number of sulfonamides is 1. The van der Waals surface area contributed by atoms with E-state index in [4.69, 9.17) is 4.74 Å². The Morgan fingerprint density at radius 2 is 1.83 bits per heavy atom. The number of pyridine rings is 1. The Morgan fingerprint density at radius 1 is 1.03 bits per heavy atom. The number of methoxy groups -OCH3 is 1. The second kappa shape index (κ2) is 8.68. The molecule has 0 fully saturated rings. The van der Waals surface area contributed by atoms with E-state index in [0.29, 0.717) is 40.4 Å². The minimum Gasteiger partial charge on any atom is -0.480 e. The van der Waals surface area contributed by atoms with Crippen LogP contribution in [0.1, 0.15) is 6.92 Å². The van der Waals surface area contributed by atoms with Gasteiger partial charge in [0.25, 0.3) is 10.0 Å². The van der Waals surface area contributed by atoms with E-state index in [1.165, 1.54) is 34.7 Å². The Kier molecular flexibility index (Phi) is 5.63. The van der Waals surface area contributed by atoms with E-state index in [2.05, 4.69) is 19.8 Å². The first-order valence-electron chi connectivity index (χ1n) is 10.6. The lowest BCUT2D eigenvalue weighted by Crippen LogP contribution is -2.20. The van der Waals surface area contributed by atoms with Crippen molar-refractivity contribution in [3.63, 3.8) is 0 Å². The maximum atomic E-state index is 14.2. The molecule has 0 saturated carbocycles. The Bertz CT molecular complexity index is 1820. The van der Waals surface area contributed by atoms with Gasteiger partial charge in [-0.3, -0.25) is 9.71 Å². The fourth-order valence-corrected chi connectivity index (χ4v) is 4.91. The van der Waals surface area contributed by atoms with Gasteiger partial charge in [-0.1, -0.05) is 6.07 Å². The average Bonchev–Trinajstić information content (AvgIpc) is 3.19. The molecule has 3 heterocycles. The van der Waals surface area contributed by atoms with Crippen molar-refractivity contribution in [2.45, 2.75) is 18.4 Å². The third-order valence-electron chi connectivity index (χ3n) is 5.50. The van der Waals surface area contributed by atoms with Gasteiger partial charge in [0, 0.05) is 24.4 Å². The normalized spacial score (nSPS) is 11.8. The minimum atomic E-state index is -4.44. The molecule has 0 aliphatic rings. The summed E-state index contributed by atoms with van der Waals surface area (Å²) in [6, 6.07) is 8.76. The molecule has 5 rings (SSSR count). The van der Waals surface area contributed by atoms with Crippen LogP contribution < -0.4 is 15.1 Å². The standard InChI is InChI=1S/C23H18F2N6O4S/c1-3-30-23(32)31-19-9-13(4-6-17(19)26-12-21(31)28-30)14-8-18(22(35-2)27-11-14)29-36(33,34)20-7-5-15(24)10-16(20)25/h4-12,29H,3H2,1-2H3. The van der Waals surface area contributed by atoms with Crippen LogP contribution in [0.4, 0.5) is 14.5 Å². The summed E-state index contributed by atoms with van der Waals surface area (Å²) in [7, 11) is -3.14. The van der Waals surface area contributed by atoms with E-state index in [1.54, 1.807) is 25.1 Å². The largest absolute Gasteiger partial charge is 0.480 e. The molecular weight excluding hydrogens is 494 g/mol. The molecule has 10 nitrogen and oxygen atoms in total. The van der Waals surface area contributed by atoms with Gasteiger partial charge >= 0.3 is 5.69 Å². The van der Waals surface area contributed by atoms with Crippen molar-refractivity contribution < 1.29 is 21.9 Å². The van der Waals surface area contributed by atoms with Crippen molar-refractivity contribution in [1.82, 2.24) is 24.1 Å². The molecule has 0 saturated heterocycles. The lowest BCUT2D eigenvalue weighted by atomic mass is 10.1. The molecule has 0 atom stereocenters. The van der Waals surface area contributed by atoms with E-state index < -0.39 is 26.6 Å². The first-order valence-corrected chi connectivity index (χ1v) is 12.1. The van der Waals surface area contributed by atoms with Gasteiger partial charge in [-0.05, 0) is 42.8 Å². The minimum absolute atomic E-state index is 0.0601. The molecule has 36 heavy (non-hydrogen) atoms. The average molecular weight is 512 g/mol. The Balaban J connectivity index is 1.62. The summed E-state index contributed by atoms with van der Waals surface area (Å²) in [5.41, 5.74) is 2.12. The molecule has 0 aliphatic carbocycles. The van der Waals surface area contributed by atoms with Crippen LogP contribution in [0.5, 0.6) is 5.88 Å². The highest BCUT2D eigenvalue weighted by molar-refractivity contribution is 7.92. The van der Waals surface area contributed by atoms with E-state index in [1.807, 2.05) is 0 Å². The molecule has 0 aliphatic heterocycles. The Morgan fingerprint density at radius 3 is 2.56 bits per heavy atom. The van der Waals surface area contributed by atoms with E-state index in [-0.39, 0.29) is 17.3 Å². The fourth-order valence-electron chi connectivity index (χ4n) is 3.80. The van der Waals surface area contributed by atoms with Gasteiger partial charge in [-0.25, -0.2) is 36.1 Å². The highest BCUT2D eigenvalue weighted by Crippen LogP contribution is 2.31. The highest BCUT2D eigenvalue weighted by Gasteiger charge is 2.22. The number of halogens is 2.